The highest BCUT2D eigenvalue weighted by Crippen LogP contribution is 2.13. The SMILES string of the molecule is Cc1cccc(NC(=O)N/N=C/c2ccc(O[C@@H](C)C(=O)O)cc2)c1. The summed E-state index contributed by atoms with van der Waals surface area (Å²) in [5.74, 6) is -0.591. The molecule has 0 fully saturated rings. The average molecular weight is 341 g/mol. The van der Waals surface area contributed by atoms with Gasteiger partial charge in [-0.15, -0.1) is 0 Å². The van der Waals surface area contributed by atoms with Crippen LogP contribution in [0.3, 0.4) is 0 Å². The molecule has 0 aliphatic rings. The molecular formula is C18H19N3O4. The summed E-state index contributed by atoms with van der Waals surface area (Å²) >= 11 is 0. The zero-order chi connectivity index (χ0) is 18.2. The quantitative estimate of drug-likeness (QED) is 0.555. The number of hydrogen-bond donors (Lipinski definition) is 3. The maximum atomic E-state index is 11.7. The molecule has 0 bridgehead atoms. The Bertz CT molecular complexity index is 772. The van der Waals surface area contributed by atoms with E-state index in [1.807, 2.05) is 25.1 Å². The van der Waals surface area contributed by atoms with Crippen LogP contribution in [0.25, 0.3) is 0 Å². The molecule has 25 heavy (non-hydrogen) atoms. The van der Waals surface area contributed by atoms with Gasteiger partial charge in [-0.2, -0.15) is 5.10 Å². The zero-order valence-electron chi connectivity index (χ0n) is 13.9. The molecule has 7 heteroatoms. The normalized spacial score (nSPS) is 11.8. The number of anilines is 1. The smallest absolute Gasteiger partial charge is 0.344 e. The number of carboxylic acids is 1. The van der Waals surface area contributed by atoms with Crippen molar-refractivity contribution in [3.05, 3.63) is 59.7 Å². The van der Waals surface area contributed by atoms with Gasteiger partial charge in [0, 0.05) is 5.69 Å². The maximum Gasteiger partial charge on any atom is 0.344 e. The molecule has 0 spiro atoms. The molecule has 0 heterocycles. The molecule has 0 saturated heterocycles. The second-order valence-electron chi connectivity index (χ2n) is 5.36. The summed E-state index contributed by atoms with van der Waals surface area (Å²) in [7, 11) is 0. The minimum atomic E-state index is -1.03. The number of aryl methyl sites for hydroxylation is 1. The minimum Gasteiger partial charge on any atom is -0.479 e. The summed E-state index contributed by atoms with van der Waals surface area (Å²) in [5.41, 5.74) is 4.82. The number of hydrogen-bond acceptors (Lipinski definition) is 4. The molecule has 0 aromatic heterocycles. The van der Waals surface area contributed by atoms with E-state index in [9.17, 15) is 9.59 Å². The Morgan fingerprint density at radius 2 is 1.92 bits per heavy atom. The fourth-order valence-corrected chi connectivity index (χ4v) is 1.93. The molecule has 0 saturated carbocycles. The summed E-state index contributed by atoms with van der Waals surface area (Å²) in [6.07, 6.45) is 0.548. The summed E-state index contributed by atoms with van der Waals surface area (Å²) in [6.45, 7) is 3.39. The molecule has 2 aromatic rings. The van der Waals surface area contributed by atoms with Crippen molar-refractivity contribution in [1.29, 1.82) is 0 Å². The molecule has 2 aromatic carbocycles. The van der Waals surface area contributed by atoms with E-state index in [-0.39, 0.29) is 0 Å². The average Bonchev–Trinajstić information content (AvgIpc) is 2.56. The number of nitrogens with one attached hydrogen (secondary N) is 2. The Hall–Kier alpha value is -3.35. The Labute approximate surface area is 145 Å². The number of carbonyl (C=O) groups excluding carboxylic acids is 1. The lowest BCUT2D eigenvalue weighted by Gasteiger charge is -2.09. The van der Waals surface area contributed by atoms with Crippen LogP contribution in [0.15, 0.2) is 53.6 Å². The van der Waals surface area contributed by atoms with Gasteiger partial charge in [0.2, 0.25) is 0 Å². The van der Waals surface area contributed by atoms with Crippen molar-refractivity contribution in [1.82, 2.24) is 5.43 Å². The lowest BCUT2D eigenvalue weighted by molar-refractivity contribution is -0.144. The number of ether oxygens (including phenoxy) is 1. The van der Waals surface area contributed by atoms with E-state index >= 15 is 0 Å². The zero-order valence-corrected chi connectivity index (χ0v) is 13.9. The van der Waals surface area contributed by atoms with Crippen molar-refractivity contribution in [3.8, 4) is 5.75 Å². The van der Waals surface area contributed by atoms with Gasteiger partial charge in [0.1, 0.15) is 5.75 Å². The lowest BCUT2D eigenvalue weighted by atomic mass is 10.2. The van der Waals surface area contributed by atoms with Gasteiger partial charge in [-0.3, -0.25) is 0 Å². The van der Waals surface area contributed by atoms with E-state index in [2.05, 4.69) is 15.8 Å². The topological polar surface area (TPSA) is 100 Å². The van der Waals surface area contributed by atoms with Crippen molar-refractivity contribution in [2.24, 2.45) is 5.10 Å². The van der Waals surface area contributed by atoms with E-state index in [1.54, 1.807) is 30.3 Å². The predicted molar refractivity (Wildman–Crippen MR) is 95.1 cm³/mol. The van der Waals surface area contributed by atoms with Crippen molar-refractivity contribution in [2.75, 3.05) is 5.32 Å². The van der Waals surface area contributed by atoms with Gasteiger partial charge >= 0.3 is 12.0 Å². The first kappa shape index (κ1) is 18.0. The van der Waals surface area contributed by atoms with Gasteiger partial charge in [-0.1, -0.05) is 12.1 Å². The van der Waals surface area contributed by atoms with E-state index in [4.69, 9.17) is 9.84 Å². The van der Waals surface area contributed by atoms with Gasteiger partial charge in [0.25, 0.3) is 0 Å². The lowest BCUT2D eigenvalue weighted by Crippen LogP contribution is -2.24. The Kier molecular flexibility index (Phi) is 6.11. The third kappa shape index (κ3) is 5.98. The van der Waals surface area contributed by atoms with Crippen LogP contribution >= 0.6 is 0 Å². The summed E-state index contributed by atoms with van der Waals surface area (Å²) in [5, 5.41) is 15.3. The fourth-order valence-electron chi connectivity index (χ4n) is 1.93. The number of benzene rings is 2. The predicted octanol–water partition coefficient (Wildman–Crippen LogP) is 3.00. The van der Waals surface area contributed by atoms with Crippen molar-refractivity contribution in [2.45, 2.75) is 20.0 Å². The fraction of sp³-hybridized carbons (Fsp3) is 0.167. The van der Waals surface area contributed by atoms with Crippen LogP contribution in [0.1, 0.15) is 18.1 Å². The monoisotopic (exact) mass is 341 g/mol. The summed E-state index contributed by atoms with van der Waals surface area (Å²) in [4.78, 5) is 22.5. The van der Waals surface area contributed by atoms with Gasteiger partial charge < -0.3 is 15.2 Å². The second kappa shape index (κ2) is 8.49. The van der Waals surface area contributed by atoms with Crippen LogP contribution in [-0.2, 0) is 4.79 Å². The Morgan fingerprint density at radius 1 is 1.20 bits per heavy atom. The van der Waals surface area contributed by atoms with Crippen molar-refractivity contribution >= 4 is 23.9 Å². The first-order valence-electron chi connectivity index (χ1n) is 7.60. The molecular weight excluding hydrogens is 322 g/mol. The first-order valence-corrected chi connectivity index (χ1v) is 7.60. The standard InChI is InChI=1S/C18H19N3O4/c1-12-4-3-5-15(10-12)20-18(24)21-19-11-14-6-8-16(9-7-14)25-13(2)17(22)23/h3-11,13H,1-2H3,(H,22,23)(H2,20,21,24)/b19-11+/t13-/m0/s1. The number of carboxylic acid groups (broad SMARTS) is 1. The number of hydrazone groups is 1. The number of carbonyl (C=O) groups is 2. The highest BCUT2D eigenvalue weighted by Gasteiger charge is 2.11. The molecule has 1 atom stereocenters. The van der Waals surface area contributed by atoms with Crippen LogP contribution in [0, 0.1) is 6.92 Å². The van der Waals surface area contributed by atoms with Gasteiger partial charge in [-0.25, -0.2) is 15.0 Å². The molecule has 2 amide bonds. The van der Waals surface area contributed by atoms with Crippen LogP contribution in [0.2, 0.25) is 0 Å². The summed E-state index contributed by atoms with van der Waals surface area (Å²) < 4.78 is 5.23. The van der Waals surface area contributed by atoms with Crippen LogP contribution in [-0.4, -0.2) is 29.4 Å². The van der Waals surface area contributed by atoms with E-state index in [1.165, 1.54) is 13.1 Å². The largest absolute Gasteiger partial charge is 0.479 e. The van der Waals surface area contributed by atoms with E-state index < -0.39 is 18.1 Å². The number of urea groups is 1. The van der Waals surface area contributed by atoms with Gasteiger partial charge in [-0.05, 0) is 61.4 Å². The van der Waals surface area contributed by atoms with Gasteiger partial charge in [0.05, 0.1) is 6.21 Å². The number of aliphatic carboxylic acids is 1. The molecule has 0 aliphatic carbocycles. The van der Waals surface area contributed by atoms with Gasteiger partial charge in [0.15, 0.2) is 6.10 Å². The van der Waals surface area contributed by atoms with Crippen LogP contribution < -0.4 is 15.5 Å². The molecule has 0 unspecified atom stereocenters. The van der Waals surface area contributed by atoms with Crippen LogP contribution in [0.4, 0.5) is 10.5 Å². The molecule has 3 N–H and O–H groups in total. The Balaban J connectivity index is 1.85. The molecule has 0 radical (unpaired) electrons. The third-order valence-electron chi connectivity index (χ3n) is 3.20. The Morgan fingerprint density at radius 3 is 2.56 bits per heavy atom. The van der Waals surface area contributed by atoms with Crippen molar-refractivity contribution in [3.63, 3.8) is 0 Å². The van der Waals surface area contributed by atoms with Crippen molar-refractivity contribution < 1.29 is 19.4 Å². The number of amides is 2. The molecule has 2 rings (SSSR count). The second-order valence-corrected chi connectivity index (χ2v) is 5.36. The number of rotatable bonds is 6. The highest BCUT2D eigenvalue weighted by atomic mass is 16.5. The van der Waals surface area contributed by atoms with E-state index in [0.29, 0.717) is 11.4 Å². The third-order valence-corrected chi connectivity index (χ3v) is 3.20. The molecule has 130 valence electrons. The number of nitrogens with zero attached hydrogens (tertiary/aromatic N) is 1. The minimum absolute atomic E-state index is 0.442. The first-order chi connectivity index (χ1) is 11.9. The van der Waals surface area contributed by atoms with Crippen LogP contribution in [0.5, 0.6) is 5.75 Å². The maximum absolute atomic E-state index is 11.7. The molecule has 7 nitrogen and oxygen atoms in total. The molecule has 0 aliphatic heterocycles. The van der Waals surface area contributed by atoms with E-state index in [0.717, 1.165) is 11.1 Å². The summed E-state index contributed by atoms with van der Waals surface area (Å²) in [6, 6.07) is 13.6. The highest BCUT2D eigenvalue weighted by molar-refractivity contribution is 5.90.